The minimum atomic E-state index is -1.67. The molecule has 0 aliphatic carbocycles. The highest BCUT2D eigenvalue weighted by Crippen LogP contribution is 2.28. The van der Waals surface area contributed by atoms with E-state index in [1.807, 2.05) is 18.2 Å². The molecule has 0 radical (unpaired) electrons. The van der Waals surface area contributed by atoms with Crippen molar-refractivity contribution < 1.29 is 18.0 Å². The van der Waals surface area contributed by atoms with E-state index in [0.29, 0.717) is 5.52 Å². The molecule has 0 bridgehead atoms. The summed E-state index contributed by atoms with van der Waals surface area (Å²) in [5.41, 5.74) is 1.32. The molecule has 4 nitrogen and oxygen atoms in total. The van der Waals surface area contributed by atoms with E-state index < -0.39 is 28.9 Å². The van der Waals surface area contributed by atoms with Crippen molar-refractivity contribution in [2.45, 2.75) is 26.3 Å². The minimum Gasteiger partial charge on any atom is -0.299 e. The highest BCUT2D eigenvalue weighted by molar-refractivity contribution is 7.22. The molecule has 152 valence electrons. The first-order valence-electron chi connectivity index (χ1n) is 9.47. The fraction of sp³-hybridized carbons (Fsp3) is 0.333. The molecule has 1 saturated heterocycles. The second-order valence-electron chi connectivity index (χ2n) is 7.46. The van der Waals surface area contributed by atoms with Crippen molar-refractivity contribution in [2.75, 3.05) is 18.4 Å². The van der Waals surface area contributed by atoms with Crippen LogP contribution in [-0.4, -0.2) is 28.9 Å². The SMILES string of the molecule is CC1CCN(Cc2ccc3nc(NC(=O)c4ccc(F)c(F)c4F)sc3c2)CC1. The first kappa shape index (κ1) is 19.8. The van der Waals surface area contributed by atoms with E-state index >= 15 is 0 Å². The Morgan fingerprint density at radius 3 is 2.69 bits per heavy atom. The van der Waals surface area contributed by atoms with Gasteiger partial charge in [0.2, 0.25) is 0 Å². The van der Waals surface area contributed by atoms with Gasteiger partial charge in [-0.05, 0) is 61.7 Å². The number of anilines is 1. The average Bonchev–Trinajstić information content (AvgIpc) is 3.09. The van der Waals surface area contributed by atoms with Gasteiger partial charge in [-0.3, -0.25) is 15.0 Å². The Kier molecular flexibility index (Phi) is 5.56. The highest BCUT2D eigenvalue weighted by atomic mass is 32.1. The van der Waals surface area contributed by atoms with Crippen molar-refractivity contribution in [1.82, 2.24) is 9.88 Å². The van der Waals surface area contributed by atoms with Crippen LogP contribution in [0.15, 0.2) is 30.3 Å². The number of thiazole rings is 1. The summed E-state index contributed by atoms with van der Waals surface area (Å²) in [4.78, 5) is 19.0. The van der Waals surface area contributed by atoms with Gasteiger partial charge in [-0.25, -0.2) is 18.2 Å². The first-order chi connectivity index (χ1) is 13.9. The van der Waals surface area contributed by atoms with Crippen molar-refractivity contribution >= 4 is 32.6 Å². The second kappa shape index (κ2) is 8.12. The summed E-state index contributed by atoms with van der Waals surface area (Å²) in [5.74, 6) is -4.61. The van der Waals surface area contributed by atoms with Crippen LogP contribution in [0, 0.1) is 23.4 Å². The van der Waals surface area contributed by atoms with E-state index in [0.717, 1.165) is 42.4 Å². The summed E-state index contributed by atoms with van der Waals surface area (Å²) in [5, 5.41) is 2.75. The summed E-state index contributed by atoms with van der Waals surface area (Å²) in [6.45, 7) is 5.32. The third-order valence-electron chi connectivity index (χ3n) is 5.24. The third kappa shape index (κ3) is 4.28. The standard InChI is InChI=1S/C21H20F3N3OS/c1-12-6-8-27(9-7-12)11-13-2-5-16-17(10-13)29-21(25-16)26-20(28)14-3-4-15(22)19(24)18(14)23/h2-5,10,12H,6-9,11H2,1H3,(H,25,26,28). The van der Waals surface area contributed by atoms with Gasteiger partial charge in [0.1, 0.15) is 0 Å². The zero-order valence-electron chi connectivity index (χ0n) is 15.8. The molecular formula is C21H20F3N3OS. The molecule has 1 aliphatic rings. The maximum Gasteiger partial charge on any atom is 0.260 e. The molecule has 2 aromatic carbocycles. The number of hydrogen-bond acceptors (Lipinski definition) is 4. The monoisotopic (exact) mass is 419 g/mol. The lowest BCUT2D eigenvalue weighted by atomic mass is 9.99. The Labute approximate surface area is 170 Å². The maximum atomic E-state index is 13.8. The fourth-order valence-corrected chi connectivity index (χ4v) is 4.39. The van der Waals surface area contributed by atoms with Crippen LogP contribution >= 0.6 is 11.3 Å². The molecule has 4 rings (SSSR count). The van der Waals surface area contributed by atoms with Gasteiger partial charge in [0.15, 0.2) is 22.6 Å². The Hall–Kier alpha value is -2.45. The zero-order chi connectivity index (χ0) is 20.5. The summed E-state index contributed by atoms with van der Waals surface area (Å²) in [6.07, 6.45) is 2.42. The van der Waals surface area contributed by atoms with Gasteiger partial charge in [-0.2, -0.15) is 0 Å². The predicted octanol–water partition coefficient (Wildman–Crippen LogP) is 5.20. The topological polar surface area (TPSA) is 45.2 Å². The number of benzene rings is 2. The quantitative estimate of drug-likeness (QED) is 0.592. The van der Waals surface area contributed by atoms with Crippen LogP contribution in [0.2, 0.25) is 0 Å². The number of fused-ring (bicyclic) bond motifs is 1. The number of nitrogens with one attached hydrogen (secondary N) is 1. The van der Waals surface area contributed by atoms with E-state index in [1.165, 1.54) is 29.7 Å². The lowest BCUT2D eigenvalue weighted by Crippen LogP contribution is -2.32. The Morgan fingerprint density at radius 2 is 1.93 bits per heavy atom. The molecule has 3 aromatic rings. The van der Waals surface area contributed by atoms with E-state index in [2.05, 4.69) is 22.1 Å². The Balaban J connectivity index is 1.49. The molecule has 1 N–H and O–H groups in total. The lowest BCUT2D eigenvalue weighted by Gasteiger charge is -2.30. The fourth-order valence-electron chi connectivity index (χ4n) is 3.46. The second-order valence-corrected chi connectivity index (χ2v) is 8.49. The van der Waals surface area contributed by atoms with Crippen LogP contribution in [-0.2, 0) is 6.54 Å². The zero-order valence-corrected chi connectivity index (χ0v) is 16.7. The lowest BCUT2D eigenvalue weighted by molar-refractivity contribution is 0.102. The molecule has 1 aliphatic heterocycles. The number of piperidine rings is 1. The van der Waals surface area contributed by atoms with Crippen molar-refractivity contribution in [1.29, 1.82) is 0 Å². The molecule has 1 fully saturated rings. The molecule has 0 atom stereocenters. The maximum absolute atomic E-state index is 13.8. The van der Waals surface area contributed by atoms with Gasteiger partial charge in [-0.1, -0.05) is 24.3 Å². The van der Waals surface area contributed by atoms with Gasteiger partial charge in [0.05, 0.1) is 15.8 Å². The Morgan fingerprint density at radius 1 is 1.17 bits per heavy atom. The van der Waals surface area contributed by atoms with E-state index in [1.54, 1.807) is 0 Å². The highest BCUT2D eigenvalue weighted by Gasteiger charge is 2.20. The third-order valence-corrected chi connectivity index (χ3v) is 6.17. The molecule has 0 unspecified atom stereocenters. The molecule has 1 aromatic heterocycles. The van der Waals surface area contributed by atoms with Gasteiger partial charge >= 0.3 is 0 Å². The first-order valence-corrected chi connectivity index (χ1v) is 10.3. The van der Waals surface area contributed by atoms with Crippen LogP contribution in [0.4, 0.5) is 18.3 Å². The average molecular weight is 419 g/mol. The van der Waals surface area contributed by atoms with Crippen molar-refractivity contribution in [3.8, 4) is 0 Å². The number of halogens is 3. The van der Waals surface area contributed by atoms with Gasteiger partial charge in [0, 0.05) is 6.54 Å². The van der Waals surface area contributed by atoms with Crippen LogP contribution in [0.5, 0.6) is 0 Å². The van der Waals surface area contributed by atoms with E-state index in [4.69, 9.17) is 0 Å². The molecule has 29 heavy (non-hydrogen) atoms. The molecule has 1 amide bonds. The number of nitrogens with zero attached hydrogens (tertiary/aromatic N) is 2. The van der Waals surface area contributed by atoms with Gasteiger partial charge < -0.3 is 0 Å². The summed E-state index contributed by atoms with van der Waals surface area (Å²) < 4.78 is 41.1. The van der Waals surface area contributed by atoms with Crippen molar-refractivity contribution in [2.24, 2.45) is 5.92 Å². The van der Waals surface area contributed by atoms with E-state index in [9.17, 15) is 18.0 Å². The molecule has 0 spiro atoms. The summed E-state index contributed by atoms with van der Waals surface area (Å²) in [6, 6.07) is 7.58. The Bertz CT molecular complexity index is 1060. The number of rotatable bonds is 4. The van der Waals surface area contributed by atoms with Crippen molar-refractivity contribution in [3.05, 3.63) is 58.9 Å². The van der Waals surface area contributed by atoms with Crippen LogP contribution in [0.1, 0.15) is 35.7 Å². The normalized spacial score (nSPS) is 15.7. The van der Waals surface area contributed by atoms with E-state index in [-0.39, 0.29) is 5.13 Å². The summed E-state index contributed by atoms with van der Waals surface area (Å²) >= 11 is 1.26. The molecule has 8 heteroatoms. The predicted molar refractivity (Wildman–Crippen MR) is 108 cm³/mol. The molecule has 0 saturated carbocycles. The van der Waals surface area contributed by atoms with Crippen LogP contribution in [0.3, 0.4) is 0 Å². The number of likely N-dealkylation sites (tertiary alicyclic amines) is 1. The summed E-state index contributed by atoms with van der Waals surface area (Å²) in [7, 11) is 0. The number of amides is 1. The largest absolute Gasteiger partial charge is 0.299 e. The number of aromatic nitrogens is 1. The van der Waals surface area contributed by atoms with Gasteiger partial charge in [-0.15, -0.1) is 0 Å². The molecular weight excluding hydrogens is 399 g/mol. The van der Waals surface area contributed by atoms with Crippen LogP contribution < -0.4 is 5.32 Å². The number of carbonyl (C=O) groups is 1. The van der Waals surface area contributed by atoms with Crippen molar-refractivity contribution in [3.63, 3.8) is 0 Å². The van der Waals surface area contributed by atoms with Crippen LogP contribution in [0.25, 0.3) is 10.2 Å². The number of carbonyl (C=O) groups excluding carboxylic acids is 1. The minimum absolute atomic E-state index is 0.276. The smallest absolute Gasteiger partial charge is 0.260 e. The number of hydrogen-bond donors (Lipinski definition) is 1. The van der Waals surface area contributed by atoms with Gasteiger partial charge in [0.25, 0.3) is 5.91 Å². The molecule has 2 heterocycles.